The lowest BCUT2D eigenvalue weighted by Crippen LogP contribution is -2.26. The summed E-state index contributed by atoms with van der Waals surface area (Å²) in [7, 11) is 0. The molecule has 2 heterocycles. The monoisotopic (exact) mass is 253 g/mol. The van der Waals surface area contributed by atoms with Crippen molar-refractivity contribution in [2.75, 3.05) is 6.61 Å². The average Bonchev–Trinajstić information content (AvgIpc) is 3.28. The molecule has 1 fully saturated rings. The Hall–Kier alpha value is -2.03. The summed E-state index contributed by atoms with van der Waals surface area (Å²) >= 11 is 0. The number of fused-ring (bicyclic) bond motifs is 1. The maximum atomic E-state index is 12.8. The molecule has 0 amide bonds. The highest BCUT2D eigenvalue weighted by molar-refractivity contribution is 6.12. The second kappa shape index (κ2) is 3.98. The predicted molar refractivity (Wildman–Crippen MR) is 71.8 cm³/mol. The first-order valence-electron chi connectivity index (χ1n) is 6.77. The fraction of sp³-hybridized carbons (Fsp3) is 0.312. The summed E-state index contributed by atoms with van der Waals surface area (Å²) in [5.74, 6) is 1.71. The fourth-order valence-electron chi connectivity index (χ4n) is 2.96. The smallest absolute Gasteiger partial charge is 0.195 e. The molecule has 1 aromatic rings. The van der Waals surface area contributed by atoms with Gasteiger partial charge in [0, 0.05) is 11.5 Å². The summed E-state index contributed by atoms with van der Waals surface area (Å²) in [6, 6.07) is 7.52. The molecule has 0 spiro atoms. The number of nitrogens with one attached hydrogen (secondary N) is 1. The van der Waals surface area contributed by atoms with Crippen LogP contribution in [0.15, 0.2) is 47.8 Å². The van der Waals surface area contributed by atoms with Crippen LogP contribution < -0.4 is 10.1 Å². The Morgan fingerprint density at radius 2 is 2.05 bits per heavy atom. The van der Waals surface area contributed by atoms with Crippen LogP contribution in [0.25, 0.3) is 0 Å². The van der Waals surface area contributed by atoms with Crippen LogP contribution in [-0.2, 0) is 0 Å². The number of hydrogen-bond acceptors (Lipinski definition) is 3. The quantitative estimate of drug-likeness (QED) is 0.836. The minimum atomic E-state index is 0.122. The first-order valence-corrected chi connectivity index (χ1v) is 6.77. The van der Waals surface area contributed by atoms with Crippen molar-refractivity contribution in [1.29, 1.82) is 0 Å². The SMILES string of the molecule is O=C1C2=C(COc3ccccc31)NC=CC2C1CC1. The van der Waals surface area contributed by atoms with Gasteiger partial charge < -0.3 is 10.1 Å². The number of hydrogen-bond donors (Lipinski definition) is 1. The highest BCUT2D eigenvalue weighted by Gasteiger charge is 2.39. The van der Waals surface area contributed by atoms with E-state index in [2.05, 4.69) is 11.4 Å². The molecule has 0 radical (unpaired) electrons. The van der Waals surface area contributed by atoms with Gasteiger partial charge in [-0.3, -0.25) is 4.79 Å². The molecule has 3 nitrogen and oxygen atoms in total. The maximum Gasteiger partial charge on any atom is 0.195 e. The van der Waals surface area contributed by atoms with Gasteiger partial charge in [0.1, 0.15) is 12.4 Å². The van der Waals surface area contributed by atoms with E-state index in [4.69, 9.17) is 4.74 Å². The van der Waals surface area contributed by atoms with Gasteiger partial charge in [0.25, 0.3) is 0 Å². The van der Waals surface area contributed by atoms with E-state index in [9.17, 15) is 4.79 Å². The highest BCUT2D eigenvalue weighted by Crippen LogP contribution is 2.44. The summed E-state index contributed by atoms with van der Waals surface area (Å²) in [6.45, 7) is 0.450. The summed E-state index contributed by atoms with van der Waals surface area (Å²) in [6.07, 6.45) is 6.53. The van der Waals surface area contributed by atoms with E-state index in [1.165, 1.54) is 12.8 Å². The molecule has 19 heavy (non-hydrogen) atoms. The van der Waals surface area contributed by atoms with Gasteiger partial charge in [-0.2, -0.15) is 0 Å². The third-order valence-corrected chi connectivity index (χ3v) is 4.10. The van der Waals surface area contributed by atoms with Crippen molar-refractivity contribution in [3.05, 3.63) is 53.4 Å². The molecule has 96 valence electrons. The molecule has 1 aromatic carbocycles. The Morgan fingerprint density at radius 1 is 1.21 bits per heavy atom. The number of benzene rings is 1. The molecular formula is C16H15NO2. The third-order valence-electron chi connectivity index (χ3n) is 4.10. The van der Waals surface area contributed by atoms with Crippen molar-refractivity contribution in [2.24, 2.45) is 11.8 Å². The van der Waals surface area contributed by atoms with Gasteiger partial charge in [-0.25, -0.2) is 0 Å². The van der Waals surface area contributed by atoms with Crippen LogP contribution in [0, 0.1) is 11.8 Å². The van der Waals surface area contributed by atoms with Gasteiger partial charge in [-0.15, -0.1) is 0 Å². The number of para-hydroxylation sites is 1. The molecule has 0 saturated heterocycles. The Balaban J connectivity index is 1.82. The molecule has 1 N–H and O–H groups in total. The van der Waals surface area contributed by atoms with Crippen molar-refractivity contribution < 1.29 is 9.53 Å². The second-order valence-corrected chi connectivity index (χ2v) is 5.37. The van der Waals surface area contributed by atoms with Gasteiger partial charge in [0.05, 0.1) is 11.3 Å². The Kier molecular flexibility index (Phi) is 2.28. The lowest BCUT2D eigenvalue weighted by Gasteiger charge is -2.22. The Morgan fingerprint density at radius 3 is 2.89 bits per heavy atom. The number of ketones is 1. The van der Waals surface area contributed by atoms with Crippen LogP contribution in [0.5, 0.6) is 5.75 Å². The molecular weight excluding hydrogens is 238 g/mol. The van der Waals surface area contributed by atoms with E-state index >= 15 is 0 Å². The highest BCUT2D eigenvalue weighted by atomic mass is 16.5. The van der Waals surface area contributed by atoms with Gasteiger partial charge >= 0.3 is 0 Å². The third kappa shape index (κ3) is 1.69. The summed E-state index contributed by atoms with van der Waals surface area (Å²) < 4.78 is 5.76. The van der Waals surface area contributed by atoms with Crippen LogP contribution in [0.3, 0.4) is 0 Å². The summed E-state index contributed by atoms with van der Waals surface area (Å²) in [5.41, 5.74) is 2.53. The fourth-order valence-corrected chi connectivity index (χ4v) is 2.96. The maximum absolute atomic E-state index is 12.8. The lowest BCUT2D eigenvalue weighted by atomic mass is 9.85. The minimum absolute atomic E-state index is 0.122. The van der Waals surface area contributed by atoms with E-state index < -0.39 is 0 Å². The number of carbonyl (C=O) groups excluding carboxylic acids is 1. The van der Waals surface area contributed by atoms with Crippen molar-refractivity contribution in [2.45, 2.75) is 12.8 Å². The normalized spacial score (nSPS) is 25.1. The predicted octanol–water partition coefficient (Wildman–Crippen LogP) is 2.66. The molecule has 0 bridgehead atoms. The zero-order valence-electron chi connectivity index (χ0n) is 10.6. The van der Waals surface area contributed by atoms with E-state index in [-0.39, 0.29) is 11.7 Å². The molecule has 3 heteroatoms. The number of rotatable bonds is 1. The van der Waals surface area contributed by atoms with Gasteiger partial charge in [-0.1, -0.05) is 18.2 Å². The van der Waals surface area contributed by atoms with Crippen molar-refractivity contribution in [3.63, 3.8) is 0 Å². The summed E-state index contributed by atoms with van der Waals surface area (Å²) in [5, 5.41) is 3.19. The van der Waals surface area contributed by atoms with Crippen LogP contribution in [-0.4, -0.2) is 12.4 Å². The zero-order chi connectivity index (χ0) is 12.8. The van der Waals surface area contributed by atoms with Gasteiger partial charge in [0.2, 0.25) is 0 Å². The van der Waals surface area contributed by atoms with E-state index in [1.807, 2.05) is 30.5 Å². The van der Waals surface area contributed by atoms with E-state index in [1.54, 1.807) is 0 Å². The van der Waals surface area contributed by atoms with Crippen molar-refractivity contribution >= 4 is 5.78 Å². The van der Waals surface area contributed by atoms with Crippen LogP contribution in [0.1, 0.15) is 23.2 Å². The van der Waals surface area contributed by atoms with Crippen LogP contribution >= 0.6 is 0 Å². The number of dihydropyridines is 1. The molecule has 4 rings (SSSR count). The molecule has 3 aliphatic rings. The molecule has 2 aliphatic heterocycles. The zero-order valence-corrected chi connectivity index (χ0v) is 10.6. The molecule has 1 aliphatic carbocycles. The Labute approximate surface area is 112 Å². The first kappa shape index (κ1) is 10.9. The number of allylic oxidation sites excluding steroid dienone is 2. The minimum Gasteiger partial charge on any atom is -0.487 e. The molecule has 0 aromatic heterocycles. The number of Topliss-reactive ketones (excluding diaryl/α,β-unsaturated/α-hetero) is 1. The van der Waals surface area contributed by atoms with Crippen LogP contribution in [0.2, 0.25) is 0 Å². The molecule has 1 saturated carbocycles. The van der Waals surface area contributed by atoms with Gasteiger partial charge in [-0.05, 0) is 37.1 Å². The van der Waals surface area contributed by atoms with Crippen LogP contribution in [0.4, 0.5) is 0 Å². The largest absolute Gasteiger partial charge is 0.487 e. The average molecular weight is 253 g/mol. The standard InChI is InChI=1S/C16H15NO2/c18-16-12-3-1-2-4-14(12)19-9-13-15(16)11(7-8-17-13)10-5-6-10/h1-4,7-8,10-11,17H,5-6,9H2. The number of ether oxygens (including phenoxy) is 1. The number of carbonyl (C=O) groups is 1. The van der Waals surface area contributed by atoms with E-state index in [0.717, 1.165) is 11.3 Å². The van der Waals surface area contributed by atoms with Crippen molar-refractivity contribution in [3.8, 4) is 5.75 Å². The summed E-state index contributed by atoms with van der Waals surface area (Å²) in [4.78, 5) is 12.8. The first-order chi connectivity index (χ1) is 9.34. The van der Waals surface area contributed by atoms with Crippen molar-refractivity contribution in [1.82, 2.24) is 5.32 Å². The Bertz CT molecular complexity index is 611. The molecule has 1 unspecified atom stereocenters. The molecule has 1 atom stereocenters. The lowest BCUT2D eigenvalue weighted by molar-refractivity contribution is 0.102. The second-order valence-electron chi connectivity index (χ2n) is 5.37. The van der Waals surface area contributed by atoms with E-state index in [0.29, 0.717) is 23.8 Å². The topological polar surface area (TPSA) is 38.3 Å². The van der Waals surface area contributed by atoms with Gasteiger partial charge in [0.15, 0.2) is 5.78 Å².